The van der Waals surface area contributed by atoms with E-state index < -0.39 is 0 Å². The number of halogens is 2. The van der Waals surface area contributed by atoms with Crippen LogP contribution in [0.5, 0.6) is 0 Å². The highest BCUT2D eigenvalue weighted by molar-refractivity contribution is 9.12. The predicted molar refractivity (Wildman–Crippen MR) is 80.4 cm³/mol. The third kappa shape index (κ3) is 2.41. The fraction of sp³-hybridized carbons (Fsp3) is 0.857. The summed E-state index contributed by atoms with van der Waals surface area (Å²) in [5.74, 6) is 0.0525. The lowest BCUT2D eigenvalue weighted by Gasteiger charge is -2.29. The molecule has 19 heavy (non-hydrogen) atoms. The Bertz CT molecular complexity index is 367. The van der Waals surface area contributed by atoms with E-state index in [9.17, 15) is 9.59 Å². The Morgan fingerprint density at radius 1 is 0.842 bits per heavy atom. The quantitative estimate of drug-likeness (QED) is 0.507. The van der Waals surface area contributed by atoms with Gasteiger partial charge in [-0.1, -0.05) is 51.1 Å². The van der Waals surface area contributed by atoms with Gasteiger partial charge in [0.1, 0.15) is 0 Å². The summed E-state index contributed by atoms with van der Waals surface area (Å²) in [6.07, 6.45) is 7.13. The molecule has 0 aromatic rings. The summed E-state index contributed by atoms with van der Waals surface area (Å²) in [6.45, 7) is 0. The first kappa shape index (κ1) is 14.1. The SMILES string of the molecule is O=C1[C@H]2C[C@@H](Br)[C@H](Br)C[C@H]2C(=O)N1C1CCCCC1. The van der Waals surface area contributed by atoms with E-state index in [0.717, 1.165) is 38.5 Å². The fourth-order valence-corrected chi connectivity index (χ4v) is 5.06. The van der Waals surface area contributed by atoms with Crippen molar-refractivity contribution < 1.29 is 9.59 Å². The molecule has 3 fully saturated rings. The number of amides is 2. The van der Waals surface area contributed by atoms with Crippen LogP contribution in [-0.2, 0) is 9.59 Å². The first-order chi connectivity index (χ1) is 9.09. The molecule has 3 nitrogen and oxygen atoms in total. The summed E-state index contributed by atoms with van der Waals surface area (Å²) in [5.41, 5.74) is 0. The summed E-state index contributed by atoms with van der Waals surface area (Å²) in [6, 6.07) is 0.182. The van der Waals surface area contributed by atoms with Crippen molar-refractivity contribution in [2.45, 2.75) is 60.6 Å². The minimum Gasteiger partial charge on any atom is -0.279 e. The van der Waals surface area contributed by atoms with Gasteiger partial charge in [-0.25, -0.2) is 0 Å². The highest BCUT2D eigenvalue weighted by Gasteiger charge is 2.53. The molecule has 4 atom stereocenters. The van der Waals surface area contributed by atoms with Crippen LogP contribution in [0.1, 0.15) is 44.9 Å². The molecule has 0 spiro atoms. The zero-order chi connectivity index (χ0) is 13.6. The Hall–Kier alpha value is 0.1000. The zero-order valence-corrected chi connectivity index (χ0v) is 14.0. The van der Waals surface area contributed by atoms with Crippen LogP contribution in [0.25, 0.3) is 0 Å². The molecular weight excluding hydrogens is 374 g/mol. The Labute approximate surface area is 130 Å². The maximum atomic E-state index is 12.6. The van der Waals surface area contributed by atoms with Gasteiger partial charge in [-0.05, 0) is 25.7 Å². The molecule has 0 N–H and O–H groups in total. The van der Waals surface area contributed by atoms with Gasteiger partial charge in [0.2, 0.25) is 11.8 Å². The van der Waals surface area contributed by atoms with E-state index >= 15 is 0 Å². The number of hydrogen-bond acceptors (Lipinski definition) is 2. The molecule has 5 heteroatoms. The molecule has 2 aliphatic carbocycles. The molecule has 1 heterocycles. The van der Waals surface area contributed by atoms with E-state index in [0.29, 0.717) is 9.65 Å². The Kier molecular flexibility index (Phi) is 4.05. The van der Waals surface area contributed by atoms with Crippen LogP contribution >= 0.6 is 31.9 Å². The van der Waals surface area contributed by atoms with Crippen molar-refractivity contribution in [3.8, 4) is 0 Å². The average molecular weight is 393 g/mol. The summed E-state index contributed by atoms with van der Waals surface area (Å²) < 4.78 is 0. The molecule has 0 aromatic carbocycles. The van der Waals surface area contributed by atoms with Crippen LogP contribution in [0.15, 0.2) is 0 Å². The van der Waals surface area contributed by atoms with Gasteiger partial charge in [-0.2, -0.15) is 0 Å². The third-order valence-electron chi connectivity index (χ3n) is 4.89. The molecule has 0 radical (unpaired) electrons. The predicted octanol–water partition coefficient (Wildman–Crippen LogP) is 3.24. The zero-order valence-electron chi connectivity index (χ0n) is 10.9. The first-order valence-corrected chi connectivity index (χ1v) is 9.07. The van der Waals surface area contributed by atoms with Crippen molar-refractivity contribution in [2.75, 3.05) is 0 Å². The summed E-state index contributed by atoms with van der Waals surface area (Å²) in [7, 11) is 0. The van der Waals surface area contributed by atoms with Crippen LogP contribution in [-0.4, -0.2) is 32.4 Å². The second-order valence-electron chi connectivity index (χ2n) is 6.05. The lowest BCUT2D eigenvalue weighted by atomic mass is 9.81. The molecule has 2 amide bonds. The van der Waals surface area contributed by atoms with Gasteiger partial charge in [0.25, 0.3) is 0 Å². The van der Waals surface area contributed by atoms with Gasteiger partial charge in [0, 0.05) is 15.7 Å². The first-order valence-electron chi connectivity index (χ1n) is 7.24. The topological polar surface area (TPSA) is 37.4 Å². The van der Waals surface area contributed by atoms with Gasteiger partial charge >= 0.3 is 0 Å². The average Bonchev–Trinajstić information content (AvgIpc) is 2.64. The molecule has 106 valence electrons. The highest BCUT2D eigenvalue weighted by atomic mass is 79.9. The highest BCUT2D eigenvalue weighted by Crippen LogP contribution is 2.44. The molecule has 3 aliphatic rings. The molecule has 3 rings (SSSR count). The van der Waals surface area contributed by atoms with Crippen molar-refractivity contribution in [1.82, 2.24) is 4.90 Å². The number of carbonyl (C=O) groups is 2. The Morgan fingerprint density at radius 3 is 1.79 bits per heavy atom. The smallest absolute Gasteiger partial charge is 0.233 e. The van der Waals surface area contributed by atoms with E-state index in [-0.39, 0.29) is 29.7 Å². The summed E-state index contributed by atoms with van der Waals surface area (Å²) in [4.78, 5) is 27.4. The van der Waals surface area contributed by atoms with Crippen LogP contribution in [0.4, 0.5) is 0 Å². The number of fused-ring (bicyclic) bond motifs is 1. The fourth-order valence-electron chi connectivity index (χ4n) is 3.82. The number of likely N-dealkylation sites (tertiary alicyclic amines) is 1. The van der Waals surface area contributed by atoms with Crippen molar-refractivity contribution in [3.05, 3.63) is 0 Å². The molecule has 0 aromatic heterocycles. The standard InChI is InChI=1S/C14H19Br2NO2/c15-11-6-9-10(7-12(11)16)14(19)17(13(9)18)8-4-2-1-3-5-8/h8-12H,1-7H2/t9-,10+,11-,12-/m1/s1. The largest absolute Gasteiger partial charge is 0.279 e. The van der Waals surface area contributed by atoms with Crippen molar-refractivity contribution in [3.63, 3.8) is 0 Å². The minimum atomic E-state index is -0.0763. The molecule has 0 bridgehead atoms. The number of alkyl halides is 2. The Balaban J connectivity index is 1.80. The van der Waals surface area contributed by atoms with Crippen molar-refractivity contribution >= 4 is 43.7 Å². The number of imide groups is 1. The number of nitrogens with zero attached hydrogens (tertiary/aromatic N) is 1. The molecule has 1 aliphatic heterocycles. The van der Waals surface area contributed by atoms with Gasteiger partial charge < -0.3 is 0 Å². The Morgan fingerprint density at radius 2 is 1.32 bits per heavy atom. The van der Waals surface area contributed by atoms with Crippen LogP contribution < -0.4 is 0 Å². The molecular formula is C14H19Br2NO2. The normalized spacial score (nSPS) is 40.6. The lowest BCUT2D eigenvalue weighted by Crippen LogP contribution is -2.41. The van der Waals surface area contributed by atoms with E-state index in [1.165, 1.54) is 6.42 Å². The van der Waals surface area contributed by atoms with Gasteiger partial charge in [-0.3, -0.25) is 14.5 Å². The van der Waals surface area contributed by atoms with Gasteiger partial charge in [0.15, 0.2) is 0 Å². The second-order valence-corrected chi connectivity index (χ2v) is 8.41. The molecule has 1 saturated heterocycles. The lowest BCUT2D eigenvalue weighted by molar-refractivity contribution is -0.143. The van der Waals surface area contributed by atoms with Crippen LogP contribution in [0, 0.1) is 11.8 Å². The van der Waals surface area contributed by atoms with E-state index in [1.807, 2.05) is 0 Å². The maximum absolute atomic E-state index is 12.6. The maximum Gasteiger partial charge on any atom is 0.233 e. The van der Waals surface area contributed by atoms with Gasteiger partial charge in [-0.15, -0.1) is 0 Å². The number of rotatable bonds is 1. The molecule has 2 saturated carbocycles. The second kappa shape index (κ2) is 5.47. The summed E-state index contributed by atoms with van der Waals surface area (Å²) in [5, 5.41) is 0. The minimum absolute atomic E-state index is 0.0763. The van der Waals surface area contributed by atoms with Crippen LogP contribution in [0.3, 0.4) is 0 Å². The van der Waals surface area contributed by atoms with Crippen molar-refractivity contribution in [1.29, 1.82) is 0 Å². The summed E-state index contributed by atoms with van der Waals surface area (Å²) >= 11 is 7.25. The van der Waals surface area contributed by atoms with Gasteiger partial charge in [0.05, 0.1) is 11.8 Å². The monoisotopic (exact) mass is 391 g/mol. The van der Waals surface area contributed by atoms with Crippen molar-refractivity contribution in [2.24, 2.45) is 11.8 Å². The van der Waals surface area contributed by atoms with E-state index in [4.69, 9.17) is 0 Å². The van der Waals surface area contributed by atoms with E-state index in [1.54, 1.807) is 4.90 Å². The molecule has 0 unspecified atom stereocenters. The van der Waals surface area contributed by atoms with E-state index in [2.05, 4.69) is 31.9 Å². The number of hydrogen-bond donors (Lipinski definition) is 0. The number of carbonyl (C=O) groups excluding carboxylic acids is 2. The van der Waals surface area contributed by atoms with Crippen LogP contribution in [0.2, 0.25) is 0 Å². The third-order valence-corrected chi connectivity index (χ3v) is 7.62.